The Morgan fingerprint density at radius 2 is 1.87 bits per heavy atom. The van der Waals surface area contributed by atoms with Gasteiger partial charge in [-0.3, -0.25) is 14.5 Å². The molecule has 0 saturated heterocycles. The number of allylic oxidation sites excluding steroid dienone is 1. The molecule has 2 heterocycles. The highest BCUT2D eigenvalue weighted by atomic mass is 35.5. The molecule has 0 spiro atoms. The number of anilines is 2. The molecule has 156 valence electrons. The maximum absolute atomic E-state index is 13.8. The molecule has 1 atom stereocenters. The molecule has 0 fully saturated rings. The van der Waals surface area contributed by atoms with Crippen LogP contribution in [0.4, 0.5) is 11.4 Å². The first-order valence-electron chi connectivity index (χ1n) is 10.3. The van der Waals surface area contributed by atoms with Gasteiger partial charge in [-0.2, -0.15) is 0 Å². The molecule has 31 heavy (non-hydrogen) atoms. The van der Waals surface area contributed by atoms with Crippen LogP contribution in [-0.4, -0.2) is 11.7 Å². The molecule has 1 N–H and O–H groups in total. The molecule has 0 bridgehead atoms. The third-order valence-electron chi connectivity index (χ3n) is 5.80. The molecule has 1 amide bonds. The zero-order valence-electron chi connectivity index (χ0n) is 16.8. The van der Waals surface area contributed by atoms with E-state index in [0.29, 0.717) is 17.0 Å². The van der Waals surface area contributed by atoms with Gasteiger partial charge >= 0.3 is 0 Å². The van der Waals surface area contributed by atoms with Gasteiger partial charge in [0.25, 0.3) is 0 Å². The molecule has 4 nitrogen and oxygen atoms in total. The number of Topliss-reactive ketones (excluding diaryl/α,β-unsaturated/α-hetero) is 1. The summed E-state index contributed by atoms with van der Waals surface area (Å²) in [5, 5.41) is 6.08. The van der Waals surface area contributed by atoms with Gasteiger partial charge in [0.2, 0.25) is 5.91 Å². The molecular weight excluding hydrogens is 428 g/mol. The fourth-order valence-corrected chi connectivity index (χ4v) is 5.24. The molecule has 0 unspecified atom stereocenters. The number of ketones is 1. The van der Waals surface area contributed by atoms with Crippen molar-refractivity contribution in [3.8, 4) is 0 Å². The fourth-order valence-electron chi connectivity index (χ4n) is 4.42. The highest BCUT2D eigenvalue weighted by molar-refractivity contribution is 7.10. The summed E-state index contributed by atoms with van der Waals surface area (Å²) in [6.45, 7) is 0. The van der Waals surface area contributed by atoms with Crippen LogP contribution in [0.25, 0.3) is 0 Å². The van der Waals surface area contributed by atoms with Crippen molar-refractivity contribution in [3.63, 3.8) is 0 Å². The van der Waals surface area contributed by atoms with Gasteiger partial charge in [0.15, 0.2) is 5.78 Å². The Bertz CT molecular complexity index is 1170. The molecule has 2 aromatic carbocycles. The van der Waals surface area contributed by atoms with E-state index in [4.69, 9.17) is 11.6 Å². The zero-order valence-corrected chi connectivity index (χ0v) is 18.4. The molecule has 3 aromatic rings. The molecule has 2 aliphatic rings. The molecule has 1 aromatic heterocycles. The Labute approximate surface area is 190 Å². The fraction of sp³-hybridized carbons (Fsp3) is 0.200. The minimum absolute atomic E-state index is 0.0382. The number of fused-ring (bicyclic) bond motifs is 1. The number of amides is 1. The van der Waals surface area contributed by atoms with Crippen molar-refractivity contribution in [1.29, 1.82) is 0 Å². The van der Waals surface area contributed by atoms with Gasteiger partial charge in [0.1, 0.15) is 0 Å². The van der Waals surface area contributed by atoms with Gasteiger partial charge in [-0.05, 0) is 54.1 Å². The van der Waals surface area contributed by atoms with Crippen LogP contribution >= 0.6 is 22.9 Å². The second kappa shape index (κ2) is 8.33. The van der Waals surface area contributed by atoms with Crippen molar-refractivity contribution in [3.05, 3.63) is 92.8 Å². The summed E-state index contributed by atoms with van der Waals surface area (Å²) in [6, 6.07) is 18.7. The zero-order chi connectivity index (χ0) is 21.4. The van der Waals surface area contributed by atoms with Crippen LogP contribution in [0.2, 0.25) is 5.02 Å². The van der Waals surface area contributed by atoms with E-state index in [1.807, 2.05) is 66.0 Å². The van der Waals surface area contributed by atoms with Crippen molar-refractivity contribution < 1.29 is 9.59 Å². The maximum Gasteiger partial charge on any atom is 0.233 e. The monoisotopic (exact) mass is 448 g/mol. The van der Waals surface area contributed by atoms with Crippen molar-refractivity contribution in [2.45, 2.75) is 31.7 Å². The number of halogens is 1. The van der Waals surface area contributed by atoms with E-state index in [2.05, 4.69) is 5.32 Å². The lowest BCUT2D eigenvalue weighted by Crippen LogP contribution is -2.38. The molecule has 0 radical (unpaired) electrons. The van der Waals surface area contributed by atoms with Crippen molar-refractivity contribution in [2.24, 2.45) is 0 Å². The van der Waals surface area contributed by atoms with Crippen LogP contribution < -0.4 is 10.2 Å². The van der Waals surface area contributed by atoms with Gasteiger partial charge in [-0.25, -0.2) is 0 Å². The number of para-hydroxylation sites is 2. The normalized spacial score (nSPS) is 18.2. The standard InChI is InChI=1S/C25H21ClN2O2S/c26-17-12-10-16(11-13-17)25-24-20(7-3-9-22(24)29)27-19-6-1-2-8-21(19)28(25)23(30)15-18-5-4-14-31-18/h1-2,4-6,8,10-14,25,27H,3,7,9,15H2/t25-/m0/s1. The lowest BCUT2D eigenvalue weighted by atomic mass is 9.85. The van der Waals surface area contributed by atoms with Gasteiger partial charge in [0, 0.05) is 27.6 Å². The third-order valence-corrected chi connectivity index (χ3v) is 6.93. The molecule has 1 aliphatic heterocycles. The van der Waals surface area contributed by atoms with E-state index >= 15 is 0 Å². The molecule has 5 rings (SSSR count). The summed E-state index contributed by atoms with van der Waals surface area (Å²) in [6.07, 6.45) is 2.37. The van der Waals surface area contributed by atoms with Crippen LogP contribution in [0.3, 0.4) is 0 Å². The number of nitrogens with one attached hydrogen (secondary N) is 1. The summed E-state index contributed by atoms with van der Waals surface area (Å²) < 4.78 is 0. The Hall–Kier alpha value is -2.89. The highest BCUT2D eigenvalue weighted by Gasteiger charge is 2.39. The van der Waals surface area contributed by atoms with Crippen LogP contribution in [-0.2, 0) is 16.0 Å². The van der Waals surface area contributed by atoms with E-state index in [0.717, 1.165) is 40.4 Å². The number of nitrogens with zero attached hydrogens (tertiary/aromatic N) is 1. The maximum atomic E-state index is 13.8. The number of thiophene rings is 1. The van der Waals surface area contributed by atoms with E-state index in [9.17, 15) is 9.59 Å². The molecule has 1 aliphatic carbocycles. The Morgan fingerprint density at radius 3 is 2.65 bits per heavy atom. The summed E-state index contributed by atoms with van der Waals surface area (Å²) in [5.41, 5.74) is 4.11. The predicted molar refractivity (Wildman–Crippen MR) is 126 cm³/mol. The largest absolute Gasteiger partial charge is 0.357 e. The van der Waals surface area contributed by atoms with Crippen LogP contribution in [0, 0.1) is 0 Å². The second-order valence-corrected chi connectivity index (χ2v) is 9.25. The minimum atomic E-state index is -0.497. The second-order valence-electron chi connectivity index (χ2n) is 7.79. The number of hydrogen-bond donors (Lipinski definition) is 1. The molecular formula is C25H21ClN2O2S. The number of rotatable bonds is 3. The third kappa shape index (κ3) is 3.80. The summed E-state index contributed by atoms with van der Waals surface area (Å²) in [7, 11) is 0. The first kappa shape index (κ1) is 20.0. The summed E-state index contributed by atoms with van der Waals surface area (Å²) in [4.78, 5) is 29.8. The minimum Gasteiger partial charge on any atom is -0.357 e. The Kier molecular flexibility index (Phi) is 5.38. The van der Waals surface area contributed by atoms with Crippen molar-refractivity contribution >= 4 is 46.0 Å². The predicted octanol–water partition coefficient (Wildman–Crippen LogP) is 6.15. The highest BCUT2D eigenvalue weighted by Crippen LogP contribution is 2.45. The smallest absolute Gasteiger partial charge is 0.233 e. The van der Waals surface area contributed by atoms with Gasteiger partial charge in [0.05, 0.1) is 23.8 Å². The number of benzene rings is 2. The van der Waals surface area contributed by atoms with E-state index < -0.39 is 6.04 Å². The van der Waals surface area contributed by atoms with Gasteiger partial charge < -0.3 is 5.32 Å². The molecule has 0 saturated carbocycles. The Balaban J connectivity index is 1.72. The van der Waals surface area contributed by atoms with Crippen molar-refractivity contribution in [1.82, 2.24) is 0 Å². The average Bonchev–Trinajstić information content (AvgIpc) is 3.22. The first-order valence-corrected chi connectivity index (χ1v) is 11.6. The SMILES string of the molecule is O=C1CCCC2=C1[C@H](c1ccc(Cl)cc1)N(C(=O)Cc1cccs1)c1ccccc1N2. The number of hydrogen-bond acceptors (Lipinski definition) is 4. The van der Waals surface area contributed by atoms with E-state index in [1.54, 1.807) is 16.2 Å². The van der Waals surface area contributed by atoms with Gasteiger partial charge in [-0.15, -0.1) is 11.3 Å². The van der Waals surface area contributed by atoms with Gasteiger partial charge in [-0.1, -0.05) is 41.9 Å². The number of carbonyl (C=O) groups is 2. The van der Waals surface area contributed by atoms with E-state index in [1.165, 1.54) is 0 Å². The molecule has 6 heteroatoms. The van der Waals surface area contributed by atoms with Crippen molar-refractivity contribution in [2.75, 3.05) is 10.2 Å². The lowest BCUT2D eigenvalue weighted by molar-refractivity contribution is -0.118. The quantitative estimate of drug-likeness (QED) is 0.522. The first-order chi connectivity index (χ1) is 15.1. The lowest BCUT2D eigenvalue weighted by Gasteiger charge is -2.34. The Morgan fingerprint density at radius 1 is 1.06 bits per heavy atom. The topological polar surface area (TPSA) is 49.4 Å². The van der Waals surface area contributed by atoms with Crippen LogP contribution in [0.5, 0.6) is 0 Å². The van der Waals surface area contributed by atoms with Crippen LogP contribution in [0.15, 0.2) is 77.3 Å². The summed E-state index contributed by atoms with van der Waals surface area (Å²) >= 11 is 7.72. The van der Waals surface area contributed by atoms with Crippen LogP contribution in [0.1, 0.15) is 35.7 Å². The number of carbonyl (C=O) groups excluding carboxylic acids is 2. The average molecular weight is 449 g/mol. The summed E-state index contributed by atoms with van der Waals surface area (Å²) in [5.74, 6) is 0.0548. The van der Waals surface area contributed by atoms with E-state index in [-0.39, 0.29) is 18.1 Å².